The van der Waals surface area contributed by atoms with E-state index in [1.165, 1.54) is 18.2 Å². The molecular weight excluding hydrogens is 235 g/mol. The van der Waals surface area contributed by atoms with E-state index in [1.54, 1.807) is 11.9 Å². The molecule has 0 radical (unpaired) electrons. The Balaban J connectivity index is 2.04. The molecule has 1 aliphatic rings. The summed E-state index contributed by atoms with van der Waals surface area (Å²) >= 11 is 0. The Labute approximate surface area is 106 Å². The van der Waals surface area contributed by atoms with Crippen LogP contribution < -0.4 is 5.73 Å². The normalized spacial score (nSPS) is 18.9. The highest BCUT2D eigenvalue weighted by Gasteiger charge is 2.21. The maximum atomic E-state index is 13.2. The van der Waals surface area contributed by atoms with Gasteiger partial charge in [0.25, 0.3) is 5.91 Å². The van der Waals surface area contributed by atoms with Crippen LogP contribution in [0, 0.1) is 5.82 Å². The number of carbonyl (C=O) groups excluding carboxylic acids is 1. The van der Waals surface area contributed by atoms with Gasteiger partial charge < -0.3 is 15.4 Å². The molecule has 0 spiro atoms. The number of amides is 1. The topological polar surface area (TPSA) is 55.6 Å². The van der Waals surface area contributed by atoms with Gasteiger partial charge in [-0.1, -0.05) is 0 Å². The number of nitrogens with zero attached hydrogens (tertiary/aromatic N) is 1. The Morgan fingerprint density at radius 3 is 2.94 bits per heavy atom. The first kappa shape index (κ1) is 12.8. The third kappa shape index (κ3) is 2.98. The zero-order valence-electron chi connectivity index (χ0n) is 10.4. The average molecular weight is 252 g/mol. The molecule has 5 heteroatoms. The van der Waals surface area contributed by atoms with Crippen LogP contribution in [-0.2, 0) is 4.74 Å². The van der Waals surface area contributed by atoms with Gasteiger partial charge in [0, 0.05) is 31.5 Å². The summed E-state index contributed by atoms with van der Waals surface area (Å²) in [5, 5.41) is 0. The molecule has 0 saturated carbocycles. The summed E-state index contributed by atoms with van der Waals surface area (Å²) in [5.41, 5.74) is 6.05. The minimum atomic E-state index is -0.496. The SMILES string of the molecule is CN(CC1CCCO1)C(=O)c1cc(N)cc(F)c1. The van der Waals surface area contributed by atoms with E-state index in [2.05, 4.69) is 0 Å². The minimum Gasteiger partial charge on any atom is -0.399 e. The lowest BCUT2D eigenvalue weighted by Gasteiger charge is -2.21. The molecule has 0 bridgehead atoms. The number of nitrogens with two attached hydrogens (primary N) is 1. The van der Waals surface area contributed by atoms with Crippen molar-refractivity contribution in [2.24, 2.45) is 0 Å². The van der Waals surface area contributed by atoms with E-state index in [9.17, 15) is 9.18 Å². The highest BCUT2D eigenvalue weighted by atomic mass is 19.1. The summed E-state index contributed by atoms with van der Waals surface area (Å²) in [6.07, 6.45) is 2.08. The van der Waals surface area contributed by atoms with Crippen molar-refractivity contribution in [3.05, 3.63) is 29.6 Å². The van der Waals surface area contributed by atoms with E-state index in [4.69, 9.17) is 10.5 Å². The van der Waals surface area contributed by atoms with Crippen LogP contribution in [0.2, 0.25) is 0 Å². The van der Waals surface area contributed by atoms with Crippen LogP contribution in [0.15, 0.2) is 18.2 Å². The second-order valence-electron chi connectivity index (χ2n) is 4.59. The molecule has 1 amide bonds. The molecule has 1 aliphatic heterocycles. The van der Waals surface area contributed by atoms with Gasteiger partial charge >= 0.3 is 0 Å². The van der Waals surface area contributed by atoms with Gasteiger partial charge in [0.15, 0.2) is 0 Å². The van der Waals surface area contributed by atoms with Crippen molar-refractivity contribution >= 4 is 11.6 Å². The molecule has 0 aromatic heterocycles. The maximum absolute atomic E-state index is 13.2. The van der Waals surface area contributed by atoms with Gasteiger partial charge in [0.05, 0.1) is 6.10 Å². The van der Waals surface area contributed by atoms with Crippen molar-refractivity contribution in [2.45, 2.75) is 18.9 Å². The summed E-state index contributed by atoms with van der Waals surface area (Å²) in [6, 6.07) is 3.87. The summed E-state index contributed by atoms with van der Waals surface area (Å²) in [7, 11) is 1.69. The molecule has 1 heterocycles. The first-order valence-electron chi connectivity index (χ1n) is 5.99. The number of hydrogen-bond donors (Lipinski definition) is 1. The van der Waals surface area contributed by atoms with E-state index in [0.717, 1.165) is 19.4 Å². The second-order valence-corrected chi connectivity index (χ2v) is 4.59. The third-order valence-electron chi connectivity index (χ3n) is 3.02. The Kier molecular flexibility index (Phi) is 3.81. The highest BCUT2D eigenvalue weighted by Crippen LogP contribution is 2.16. The van der Waals surface area contributed by atoms with Crippen molar-refractivity contribution < 1.29 is 13.9 Å². The van der Waals surface area contributed by atoms with Crippen LogP contribution in [0.4, 0.5) is 10.1 Å². The fourth-order valence-electron chi connectivity index (χ4n) is 2.13. The molecular formula is C13H17FN2O2. The lowest BCUT2D eigenvalue weighted by Crippen LogP contribution is -2.34. The summed E-state index contributed by atoms with van der Waals surface area (Å²) in [4.78, 5) is 13.6. The standard InChI is InChI=1S/C13H17FN2O2/c1-16(8-12-3-2-4-18-12)13(17)9-5-10(14)7-11(15)6-9/h5-7,12H,2-4,8,15H2,1H3. The van der Waals surface area contributed by atoms with Gasteiger partial charge in [0.2, 0.25) is 0 Å². The zero-order chi connectivity index (χ0) is 13.1. The van der Waals surface area contributed by atoms with Crippen LogP contribution in [0.5, 0.6) is 0 Å². The Morgan fingerprint density at radius 2 is 2.33 bits per heavy atom. The molecule has 4 nitrogen and oxygen atoms in total. The number of benzene rings is 1. The number of hydrogen-bond acceptors (Lipinski definition) is 3. The van der Waals surface area contributed by atoms with E-state index >= 15 is 0 Å². The van der Waals surface area contributed by atoms with Crippen molar-refractivity contribution in [2.75, 3.05) is 25.9 Å². The molecule has 1 atom stereocenters. The minimum absolute atomic E-state index is 0.0878. The number of anilines is 1. The number of rotatable bonds is 3. The van der Waals surface area contributed by atoms with E-state index in [1.807, 2.05) is 0 Å². The molecule has 98 valence electrons. The van der Waals surface area contributed by atoms with Crippen molar-refractivity contribution in [1.29, 1.82) is 0 Å². The quantitative estimate of drug-likeness (QED) is 0.832. The van der Waals surface area contributed by atoms with E-state index < -0.39 is 5.82 Å². The second kappa shape index (κ2) is 5.35. The predicted molar refractivity (Wildman–Crippen MR) is 66.7 cm³/mol. The Morgan fingerprint density at radius 1 is 1.56 bits per heavy atom. The highest BCUT2D eigenvalue weighted by molar-refractivity contribution is 5.94. The van der Waals surface area contributed by atoms with Crippen LogP contribution in [0.3, 0.4) is 0 Å². The van der Waals surface area contributed by atoms with Crippen LogP contribution in [0.25, 0.3) is 0 Å². The number of carbonyl (C=O) groups is 1. The largest absolute Gasteiger partial charge is 0.399 e. The first-order chi connectivity index (χ1) is 8.56. The molecule has 1 aromatic rings. The molecule has 18 heavy (non-hydrogen) atoms. The summed E-state index contributed by atoms with van der Waals surface area (Å²) in [5.74, 6) is -0.736. The molecule has 2 rings (SSSR count). The van der Waals surface area contributed by atoms with Crippen molar-refractivity contribution in [1.82, 2.24) is 4.90 Å². The lowest BCUT2D eigenvalue weighted by atomic mass is 10.1. The van der Waals surface area contributed by atoms with Crippen molar-refractivity contribution in [3.8, 4) is 0 Å². The van der Waals surface area contributed by atoms with Crippen molar-refractivity contribution in [3.63, 3.8) is 0 Å². The van der Waals surface area contributed by atoms with Gasteiger partial charge in [-0.2, -0.15) is 0 Å². The molecule has 1 fully saturated rings. The molecule has 1 saturated heterocycles. The predicted octanol–water partition coefficient (Wildman–Crippen LogP) is 1.66. The lowest BCUT2D eigenvalue weighted by molar-refractivity contribution is 0.0587. The Hall–Kier alpha value is -1.62. The molecule has 1 aromatic carbocycles. The first-order valence-corrected chi connectivity index (χ1v) is 5.99. The molecule has 0 aliphatic carbocycles. The summed E-state index contributed by atoms with van der Waals surface area (Å²) in [6.45, 7) is 1.27. The van der Waals surface area contributed by atoms with Crippen LogP contribution in [0.1, 0.15) is 23.2 Å². The summed E-state index contributed by atoms with van der Waals surface area (Å²) < 4.78 is 18.6. The average Bonchev–Trinajstić information content (AvgIpc) is 2.79. The number of halogens is 1. The molecule has 2 N–H and O–H groups in total. The molecule has 1 unspecified atom stereocenters. The van der Waals surface area contributed by atoms with E-state index in [-0.39, 0.29) is 23.3 Å². The van der Waals surface area contributed by atoms with Gasteiger partial charge in [0.1, 0.15) is 5.82 Å². The number of nitrogen functional groups attached to an aromatic ring is 1. The fraction of sp³-hybridized carbons (Fsp3) is 0.462. The van der Waals surface area contributed by atoms with Gasteiger partial charge in [-0.15, -0.1) is 0 Å². The van der Waals surface area contributed by atoms with Gasteiger partial charge in [-0.3, -0.25) is 4.79 Å². The van der Waals surface area contributed by atoms with Gasteiger partial charge in [-0.25, -0.2) is 4.39 Å². The van der Waals surface area contributed by atoms with Gasteiger partial charge in [-0.05, 0) is 31.0 Å². The Bertz CT molecular complexity index is 424. The fourth-order valence-corrected chi connectivity index (χ4v) is 2.13. The van der Waals surface area contributed by atoms with Crippen LogP contribution in [-0.4, -0.2) is 37.1 Å². The zero-order valence-corrected chi connectivity index (χ0v) is 10.4. The maximum Gasteiger partial charge on any atom is 0.253 e. The number of ether oxygens (including phenoxy) is 1. The van der Waals surface area contributed by atoms with Crippen LogP contribution >= 0.6 is 0 Å². The van der Waals surface area contributed by atoms with E-state index in [0.29, 0.717) is 6.54 Å². The number of likely N-dealkylation sites (N-methyl/N-ethyl adjacent to an activating group) is 1. The smallest absolute Gasteiger partial charge is 0.253 e. The monoisotopic (exact) mass is 252 g/mol. The third-order valence-corrected chi connectivity index (χ3v) is 3.02.